The molecule has 0 saturated heterocycles. The summed E-state index contributed by atoms with van der Waals surface area (Å²) in [6.45, 7) is 0. The molecule has 0 N–H and O–H groups in total. The fourth-order valence-corrected chi connectivity index (χ4v) is 2.11. The highest BCUT2D eigenvalue weighted by Crippen LogP contribution is 2.23. The molecular formula is C12H10N2O. The number of hydrogen-bond acceptors (Lipinski definition) is 3. The van der Waals surface area contributed by atoms with E-state index in [4.69, 9.17) is 0 Å². The lowest BCUT2D eigenvalue weighted by molar-refractivity contribution is 0.112. The third-order valence-corrected chi connectivity index (χ3v) is 2.85. The van der Waals surface area contributed by atoms with Gasteiger partial charge in [-0.05, 0) is 37.0 Å². The van der Waals surface area contributed by atoms with Crippen LogP contribution in [0.25, 0.3) is 11.0 Å². The molecule has 15 heavy (non-hydrogen) atoms. The molecule has 0 aromatic carbocycles. The van der Waals surface area contributed by atoms with E-state index in [2.05, 4.69) is 16.0 Å². The highest BCUT2D eigenvalue weighted by molar-refractivity contribution is 5.84. The molecule has 0 fully saturated rings. The van der Waals surface area contributed by atoms with Crippen molar-refractivity contribution < 1.29 is 4.79 Å². The first kappa shape index (κ1) is 8.53. The fourth-order valence-electron chi connectivity index (χ4n) is 2.11. The number of hydrogen-bond donors (Lipinski definition) is 0. The molecule has 3 heteroatoms. The lowest BCUT2D eigenvalue weighted by Gasteiger charge is -2.01. The van der Waals surface area contributed by atoms with Gasteiger partial charge in [-0.15, -0.1) is 0 Å². The Labute approximate surface area is 87.2 Å². The van der Waals surface area contributed by atoms with Crippen LogP contribution >= 0.6 is 0 Å². The average Bonchev–Trinajstić information content (AvgIpc) is 2.72. The Balaban J connectivity index is 2.28. The largest absolute Gasteiger partial charge is 0.298 e. The Kier molecular flexibility index (Phi) is 1.78. The Morgan fingerprint density at radius 2 is 2.20 bits per heavy atom. The molecule has 0 aliphatic heterocycles. The molecule has 1 aliphatic carbocycles. The molecule has 0 radical (unpaired) electrons. The van der Waals surface area contributed by atoms with Crippen molar-refractivity contribution >= 4 is 17.3 Å². The van der Waals surface area contributed by atoms with Crippen LogP contribution in [0.4, 0.5) is 0 Å². The molecule has 0 atom stereocenters. The monoisotopic (exact) mass is 198 g/mol. The summed E-state index contributed by atoms with van der Waals surface area (Å²) in [6.07, 6.45) is 5.73. The molecule has 2 aromatic heterocycles. The number of nitrogens with zero attached hydrogens (tertiary/aromatic N) is 2. The van der Waals surface area contributed by atoms with Gasteiger partial charge in [0.15, 0.2) is 11.9 Å². The summed E-state index contributed by atoms with van der Waals surface area (Å²) in [5.41, 5.74) is 3.85. The van der Waals surface area contributed by atoms with E-state index in [-0.39, 0.29) is 0 Å². The molecule has 3 rings (SSSR count). The first-order chi connectivity index (χ1) is 7.36. The van der Waals surface area contributed by atoms with Crippen molar-refractivity contribution in [1.29, 1.82) is 0 Å². The molecule has 0 bridgehead atoms. The van der Waals surface area contributed by atoms with E-state index in [1.807, 2.05) is 6.07 Å². The quantitative estimate of drug-likeness (QED) is 0.657. The first-order valence-electron chi connectivity index (χ1n) is 5.10. The second kappa shape index (κ2) is 3.12. The van der Waals surface area contributed by atoms with Crippen molar-refractivity contribution in [3.63, 3.8) is 0 Å². The highest BCUT2D eigenvalue weighted by atomic mass is 16.1. The van der Waals surface area contributed by atoms with Crippen molar-refractivity contribution in [2.75, 3.05) is 0 Å². The first-order valence-corrected chi connectivity index (χ1v) is 5.10. The average molecular weight is 198 g/mol. The normalized spacial score (nSPS) is 14.1. The standard InChI is InChI=1S/C12H10N2O/c15-7-8-4-10-5-9-2-1-3-11(9)14-12(10)13-6-8/h4-7H,1-3H2. The molecular weight excluding hydrogens is 188 g/mol. The zero-order chi connectivity index (χ0) is 10.3. The van der Waals surface area contributed by atoms with Crippen LogP contribution in [0.3, 0.4) is 0 Å². The summed E-state index contributed by atoms with van der Waals surface area (Å²) >= 11 is 0. The van der Waals surface area contributed by atoms with Gasteiger partial charge < -0.3 is 0 Å². The molecule has 2 aromatic rings. The maximum absolute atomic E-state index is 10.6. The molecule has 0 amide bonds. The number of pyridine rings is 2. The van der Waals surface area contributed by atoms with Crippen LogP contribution in [0.15, 0.2) is 18.3 Å². The maximum Gasteiger partial charge on any atom is 0.159 e. The van der Waals surface area contributed by atoms with Crippen LogP contribution in [0.2, 0.25) is 0 Å². The summed E-state index contributed by atoms with van der Waals surface area (Å²) in [6, 6.07) is 3.96. The number of aryl methyl sites for hydroxylation is 2. The van der Waals surface area contributed by atoms with Gasteiger partial charge in [0.05, 0.1) is 0 Å². The van der Waals surface area contributed by atoms with Gasteiger partial charge in [-0.25, -0.2) is 9.97 Å². The van der Waals surface area contributed by atoms with Crippen LogP contribution in [-0.2, 0) is 12.8 Å². The van der Waals surface area contributed by atoms with E-state index >= 15 is 0 Å². The number of carbonyl (C=O) groups is 1. The summed E-state index contributed by atoms with van der Waals surface area (Å²) in [5, 5.41) is 0.972. The Hall–Kier alpha value is -1.77. The molecule has 0 spiro atoms. The minimum atomic E-state index is 0.613. The molecule has 0 saturated carbocycles. The lowest BCUT2D eigenvalue weighted by atomic mass is 10.1. The molecule has 3 nitrogen and oxygen atoms in total. The van der Waals surface area contributed by atoms with E-state index in [1.165, 1.54) is 17.7 Å². The molecule has 1 aliphatic rings. The topological polar surface area (TPSA) is 42.9 Å². The van der Waals surface area contributed by atoms with E-state index in [1.54, 1.807) is 6.20 Å². The molecule has 74 valence electrons. The fraction of sp³-hybridized carbons (Fsp3) is 0.250. The van der Waals surface area contributed by atoms with Crippen molar-refractivity contribution in [1.82, 2.24) is 9.97 Å². The Morgan fingerprint density at radius 3 is 3.07 bits per heavy atom. The lowest BCUT2D eigenvalue weighted by Crippen LogP contribution is -1.93. The van der Waals surface area contributed by atoms with Crippen molar-refractivity contribution in [3.05, 3.63) is 35.2 Å². The predicted octanol–water partition coefficient (Wildman–Crippen LogP) is 1.93. The van der Waals surface area contributed by atoms with Crippen LogP contribution in [0, 0.1) is 0 Å². The molecule has 0 unspecified atom stereocenters. The number of rotatable bonds is 1. The van der Waals surface area contributed by atoms with Crippen LogP contribution in [0.5, 0.6) is 0 Å². The number of fused-ring (bicyclic) bond motifs is 2. The zero-order valence-corrected chi connectivity index (χ0v) is 8.23. The number of aldehydes is 1. The number of aromatic nitrogens is 2. The van der Waals surface area contributed by atoms with Gasteiger partial charge in [-0.2, -0.15) is 0 Å². The minimum absolute atomic E-state index is 0.613. The minimum Gasteiger partial charge on any atom is -0.298 e. The Bertz CT molecular complexity index is 549. The van der Waals surface area contributed by atoms with Crippen LogP contribution in [-0.4, -0.2) is 16.3 Å². The zero-order valence-electron chi connectivity index (χ0n) is 8.23. The smallest absolute Gasteiger partial charge is 0.159 e. The van der Waals surface area contributed by atoms with Gasteiger partial charge in [-0.3, -0.25) is 4.79 Å². The van der Waals surface area contributed by atoms with E-state index in [0.29, 0.717) is 5.56 Å². The predicted molar refractivity (Wildman–Crippen MR) is 57.0 cm³/mol. The van der Waals surface area contributed by atoms with Gasteiger partial charge in [0.2, 0.25) is 0 Å². The SMILES string of the molecule is O=Cc1cnc2nc3c(cc2c1)CCC3. The molecule has 2 heterocycles. The van der Waals surface area contributed by atoms with E-state index in [9.17, 15) is 4.79 Å². The summed E-state index contributed by atoms with van der Waals surface area (Å²) < 4.78 is 0. The van der Waals surface area contributed by atoms with Gasteiger partial charge in [0.25, 0.3) is 0 Å². The van der Waals surface area contributed by atoms with Gasteiger partial charge in [0.1, 0.15) is 0 Å². The van der Waals surface area contributed by atoms with Crippen molar-refractivity contribution in [2.45, 2.75) is 19.3 Å². The Morgan fingerprint density at radius 1 is 1.27 bits per heavy atom. The van der Waals surface area contributed by atoms with Crippen molar-refractivity contribution in [2.24, 2.45) is 0 Å². The third-order valence-electron chi connectivity index (χ3n) is 2.85. The highest BCUT2D eigenvalue weighted by Gasteiger charge is 2.13. The second-order valence-electron chi connectivity index (χ2n) is 3.88. The van der Waals surface area contributed by atoms with E-state index in [0.717, 1.165) is 30.2 Å². The van der Waals surface area contributed by atoms with Gasteiger partial charge in [-0.1, -0.05) is 0 Å². The van der Waals surface area contributed by atoms with Gasteiger partial charge in [0, 0.05) is 22.8 Å². The van der Waals surface area contributed by atoms with Gasteiger partial charge >= 0.3 is 0 Å². The summed E-state index contributed by atoms with van der Waals surface area (Å²) in [4.78, 5) is 19.3. The second-order valence-corrected chi connectivity index (χ2v) is 3.88. The summed E-state index contributed by atoms with van der Waals surface area (Å²) in [5.74, 6) is 0. The summed E-state index contributed by atoms with van der Waals surface area (Å²) in [7, 11) is 0. The van der Waals surface area contributed by atoms with E-state index < -0.39 is 0 Å². The maximum atomic E-state index is 10.6. The van der Waals surface area contributed by atoms with Crippen LogP contribution in [0.1, 0.15) is 28.0 Å². The van der Waals surface area contributed by atoms with Crippen molar-refractivity contribution in [3.8, 4) is 0 Å². The number of carbonyl (C=O) groups excluding carboxylic acids is 1. The third kappa shape index (κ3) is 1.31. The van der Waals surface area contributed by atoms with Crippen LogP contribution < -0.4 is 0 Å².